The first-order valence-corrected chi connectivity index (χ1v) is 11.5. The summed E-state index contributed by atoms with van der Waals surface area (Å²) < 4.78 is 36.5. The zero-order chi connectivity index (χ0) is 23.7. The molecule has 0 aromatic heterocycles. The molecule has 2 fully saturated rings. The van der Waals surface area contributed by atoms with Crippen LogP contribution in [0.2, 0.25) is 0 Å². The van der Waals surface area contributed by atoms with E-state index in [1.807, 2.05) is 24.3 Å². The number of fused-ring (bicyclic) bond motifs is 1. The molecule has 0 aliphatic carbocycles. The second-order valence-electron chi connectivity index (χ2n) is 8.66. The van der Waals surface area contributed by atoms with E-state index in [1.165, 1.54) is 19.2 Å². The van der Waals surface area contributed by atoms with Gasteiger partial charge in [0.05, 0.1) is 31.6 Å². The first-order valence-electron chi connectivity index (χ1n) is 11.5. The van der Waals surface area contributed by atoms with Crippen LogP contribution in [0.1, 0.15) is 35.2 Å². The molecule has 180 valence electrons. The summed E-state index contributed by atoms with van der Waals surface area (Å²) in [5, 5.41) is 0. The van der Waals surface area contributed by atoms with Gasteiger partial charge in [0, 0.05) is 37.2 Å². The van der Waals surface area contributed by atoms with Crippen LogP contribution in [-0.4, -0.2) is 62.5 Å². The summed E-state index contributed by atoms with van der Waals surface area (Å²) >= 11 is 0. The van der Waals surface area contributed by atoms with Gasteiger partial charge in [0.15, 0.2) is 11.6 Å². The Morgan fingerprint density at radius 1 is 1.12 bits per heavy atom. The van der Waals surface area contributed by atoms with Gasteiger partial charge < -0.3 is 23.8 Å². The van der Waals surface area contributed by atoms with Gasteiger partial charge in [-0.2, -0.15) is 0 Å². The summed E-state index contributed by atoms with van der Waals surface area (Å²) in [7, 11) is 1.44. The fourth-order valence-electron chi connectivity index (χ4n) is 4.77. The summed E-state index contributed by atoms with van der Waals surface area (Å²) in [6.07, 6.45) is 1.28. The summed E-state index contributed by atoms with van der Waals surface area (Å²) in [6, 6.07) is 10.2. The third-order valence-electron chi connectivity index (χ3n) is 6.58. The normalized spacial score (nSPS) is 20.6. The van der Waals surface area contributed by atoms with Crippen molar-refractivity contribution in [3.05, 3.63) is 53.3 Å². The van der Waals surface area contributed by atoms with Crippen LogP contribution in [0, 0.1) is 5.82 Å². The van der Waals surface area contributed by atoms with Crippen molar-refractivity contribution >= 4 is 17.7 Å². The lowest BCUT2D eigenvalue weighted by Gasteiger charge is -2.40. The number of benzene rings is 2. The van der Waals surface area contributed by atoms with Crippen molar-refractivity contribution in [3.63, 3.8) is 0 Å². The minimum absolute atomic E-state index is 0.0462. The Labute approximate surface area is 197 Å². The fourth-order valence-corrected chi connectivity index (χ4v) is 4.77. The van der Waals surface area contributed by atoms with Crippen LogP contribution >= 0.6 is 0 Å². The molecular weight excluding hydrogens is 443 g/mol. The molecule has 3 aliphatic heterocycles. The molecule has 34 heavy (non-hydrogen) atoms. The van der Waals surface area contributed by atoms with Crippen LogP contribution in [0.5, 0.6) is 11.5 Å². The fraction of sp³-hybridized carbons (Fsp3) is 0.440. The van der Waals surface area contributed by atoms with Gasteiger partial charge in [0.25, 0.3) is 5.91 Å². The molecule has 3 heterocycles. The highest BCUT2D eigenvalue weighted by molar-refractivity contribution is 5.97. The van der Waals surface area contributed by atoms with Crippen molar-refractivity contribution in [3.8, 4) is 11.5 Å². The van der Waals surface area contributed by atoms with Gasteiger partial charge in [0.2, 0.25) is 0 Å². The number of hydrogen-bond acceptors (Lipinski definition) is 6. The maximum atomic E-state index is 14.8. The molecule has 2 saturated heterocycles. The van der Waals surface area contributed by atoms with Crippen molar-refractivity contribution in [1.82, 2.24) is 4.90 Å². The number of halogens is 1. The van der Waals surface area contributed by atoms with Crippen LogP contribution in [0.25, 0.3) is 0 Å². The van der Waals surface area contributed by atoms with Crippen molar-refractivity contribution in [2.45, 2.75) is 38.0 Å². The number of anilines is 1. The zero-order valence-corrected chi connectivity index (χ0v) is 19.0. The van der Waals surface area contributed by atoms with Gasteiger partial charge >= 0.3 is 6.09 Å². The Hall–Kier alpha value is -3.33. The number of para-hydroxylation sites is 1. The molecule has 9 heteroatoms. The average Bonchev–Trinajstić information content (AvgIpc) is 3.38. The Morgan fingerprint density at radius 2 is 1.91 bits per heavy atom. The summed E-state index contributed by atoms with van der Waals surface area (Å²) in [5.41, 5.74) is 1.97. The van der Waals surface area contributed by atoms with Crippen molar-refractivity contribution in [1.29, 1.82) is 0 Å². The first-order chi connectivity index (χ1) is 16.5. The van der Waals surface area contributed by atoms with Crippen LogP contribution < -0.4 is 14.4 Å². The second kappa shape index (κ2) is 9.50. The van der Waals surface area contributed by atoms with Gasteiger partial charge in [-0.15, -0.1) is 0 Å². The van der Waals surface area contributed by atoms with Crippen molar-refractivity contribution in [2.75, 3.05) is 38.3 Å². The molecular formula is C25H27FN2O6. The minimum atomic E-state index is -0.612. The van der Waals surface area contributed by atoms with Crippen molar-refractivity contribution < 1.29 is 32.9 Å². The number of hydrogen-bond donors (Lipinski definition) is 0. The minimum Gasteiger partial charge on any atom is -0.496 e. The van der Waals surface area contributed by atoms with E-state index in [0.717, 1.165) is 11.3 Å². The number of ether oxygens (including phenoxy) is 4. The quantitative estimate of drug-likeness (QED) is 0.662. The van der Waals surface area contributed by atoms with E-state index in [1.54, 1.807) is 9.80 Å². The molecule has 0 spiro atoms. The van der Waals surface area contributed by atoms with Crippen molar-refractivity contribution in [2.24, 2.45) is 0 Å². The highest BCUT2D eigenvalue weighted by Gasteiger charge is 2.35. The topological polar surface area (TPSA) is 77.5 Å². The number of likely N-dealkylation sites (tertiary alicyclic amines) is 1. The maximum absolute atomic E-state index is 14.8. The number of piperidine rings is 1. The summed E-state index contributed by atoms with van der Waals surface area (Å²) in [4.78, 5) is 29.1. The predicted molar refractivity (Wildman–Crippen MR) is 121 cm³/mol. The monoisotopic (exact) mass is 470 g/mol. The van der Waals surface area contributed by atoms with E-state index in [0.29, 0.717) is 45.6 Å². The molecule has 5 rings (SSSR count). The van der Waals surface area contributed by atoms with Crippen LogP contribution in [0.15, 0.2) is 36.4 Å². The SMILES string of the molecule is COc1cc(O[C@H]2CCOC2)c(F)cc1C(=O)N1CCC(N2C(=O)OCc3ccccc32)CC1. The number of rotatable bonds is 5. The highest BCUT2D eigenvalue weighted by Crippen LogP contribution is 2.34. The molecule has 0 saturated carbocycles. The largest absolute Gasteiger partial charge is 0.496 e. The highest BCUT2D eigenvalue weighted by atomic mass is 19.1. The van der Waals surface area contributed by atoms with E-state index in [-0.39, 0.29) is 47.8 Å². The molecule has 0 unspecified atom stereocenters. The Morgan fingerprint density at radius 3 is 2.65 bits per heavy atom. The number of nitrogens with zero attached hydrogens (tertiary/aromatic N) is 2. The molecule has 3 aliphatic rings. The lowest BCUT2D eigenvalue weighted by atomic mass is 10.00. The number of amides is 2. The van der Waals surface area contributed by atoms with E-state index >= 15 is 0 Å². The number of cyclic esters (lactones) is 1. The molecule has 1 atom stereocenters. The molecule has 0 N–H and O–H groups in total. The molecule has 8 nitrogen and oxygen atoms in total. The lowest BCUT2D eigenvalue weighted by Crippen LogP contribution is -2.50. The lowest BCUT2D eigenvalue weighted by molar-refractivity contribution is 0.0704. The van der Waals surface area contributed by atoms with E-state index in [2.05, 4.69) is 0 Å². The van der Waals surface area contributed by atoms with Gasteiger partial charge in [-0.3, -0.25) is 9.69 Å². The molecule has 2 aromatic carbocycles. The Kier molecular flexibility index (Phi) is 6.28. The van der Waals surface area contributed by atoms with E-state index in [9.17, 15) is 14.0 Å². The molecule has 2 aromatic rings. The number of methoxy groups -OCH3 is 1. The third kappa shape index (κ3) is 4.27. The Balaban J connectivity index is 1.29. The van der Waals surface area contributed by atoms with Gasteiger partial charge in [-0.05, 0) is 25.0 Å². The summed E-state index contributed by atoms with van der Waals surface area (Å²) in [5.74, 6) is -0.619. The first kappa shape index (κ1) is 22.5. The second-order valence-corrected chi connectivity index (χ2v) is 8.66. The third-order valence-corrected chi connectivity index (χ3v) is 6.58. The Bertz CT molecular complexity index is 1080. The number of carbonyl (C=O) groups excluding carboxylic acids is 2. The average molecular weight is 470 g/mol. The van der Waals surface area contributed by atoms with Crippen LogP contribution in [0.4, 0.5) is 14.9 Å². The van der Waals surface area contributed by atoms with Crippen LogP contribution in [-0.2, 0) is 16.1 Å². The number of carbonyl (C=O) groups is 2. The van der Waals surface area contributed by atoms with Gasteiger partial charge in [-0.25, -0.2) is 9.18 Å². The van der Waals surface area contributed by atoms with E-state index in [4.69, 9.17) is 18.9 Å². The van der Waals surface area contributed by atoms with E-state index < -0.39 is 5.82 Å². The maximum Gasteiger partial charge on any atom is 0.414 e. The van der Waals surface area contributed by atoms with Gasteiger partial charge in [0.1, 0.15) is 18.5 Å². The zero-order valence-electron chi connectivity index (χ0n) is 19.0. The molecule has 0 bridgehead atoms. The predicted octanol–water partition coefficient (Wildman–Crippen LogP) is 3.76. The van der Waals surface area contributed by atoms with Gasteiger partial charge in [-0.1, -0.05) is 18.2 Å². The smallest absolute Gasteiger partial charge is 0.414 e. The summed E-state index contributed by atoms with van der Waals surface area (Å²) in [6.45, 7) is 2.11. The van der Waals surface area contributed by atoms with Crippen LogP contribution in [0.3, 0.4) is 0 Å². The standard InChI is InChI=1S/C25H27FN2O6/c1-31-22-13-23(34-18-8-11-32-15-18)20(26)12-19(22)24(29)27-9-6-17(7-10-27)28-21-5-3-2-4-16(21)14-33-25(28)30/h2-5,12-13,17-18H,6-11,14-15H2,1H3/t18-/m0/s1. The molecule has 0 radical (unpaired) electrons. The molecule has 2 amide bonds.